The number of ketones is 2. The Kier molecular flexibility index (Phi) is 10.0. The summed E-state index contributed by atoms with van der Waals surface area (Å²) in [6.07, 6.45) is 9.07. The van der Waals surface area contributed by atoms with Crippen LogP contribution in [0, 0.1) is 5.41 Å². The van der Waals surface area contributed by atoms with Crippen LogP contribution in [-0.2, 0) is 9.59 Å². The Balaban J connectivity index is 1.74. The summed E-state index contributed by atoms with van der Waals surface area (Å²) >= 11 is 0. The summed E-state index contributed by atoms with van der Waals surface area (Å²) in [5.74, 6) is 2.16. The summed E-state index contributed by atoms with van der Waals surface area (Å²) in [5.41, 5.74) is 8.05. The number of hydrogen-bond acceptors (Lipinski definition) is 8. The Hall–Kier alpha value is -2.74. The highest BCUT2D eigenvalue weighted by Crippen LogP contribution is 2.45. The molecular formula is C32H50N6O2. The molecule has 2 aliphatic carbocycles. The van der Waals surface area contributed by atoms with Gasteiger partial charge in [-0.25, -0.2) is 9.97 Å². The Morgan fingerprint density at radius 3 is 2.50 bits per heavy atom. The number of nitrogens with zero attached hydrogens (tertiary/aromatic N) is 5. The van der Waals surface area contributed by atoms with Crippen molar-refractivity contribution in [2.45, 2.75) is 97.4 Å². The molecule has 8 nitrogen and oxygen atoms in total. The number of Topliss-reactive ketones (excluding diaryl/α,β-unsaturated/α-hetero) is 2. The van der Waals surface area contributed by atoms with Crippen LogP contribution < -0.4 is 15.5 Å². The lowest BCUT2D eigenvalue weighted by atomic mass is 9.62. The van der Waals surface area contributed by atoms with Crippen molar-refractivity contribution in [3.63, 3.8) is 0 Å². The van der Waals surface area contributed by atoms with Crippen LogP contribution in [0.2, 0.25) is 0 Å². The molecule has 1 spiro atoms. The van der Waals surface area contributed by atoms with Crippen LogP contribution in [0.5, 0.6) is 0 Å². The van der Waals surface area contributed by atoms with Crippen molar-refractivity contribution < 1.29 is 9.59 Å². The Morgan fingerprint density at radius 2 is 1.82 bits per heavy atom. The molecule has 8 heteroatoms. The van der Waals surface area contributed by atoms with Crippen LogP contribution in [0.15, 0.2) is 23.8 Å². The van der Waals surface area contributed by atoms with Crippen LogP contribution >= 0.6 is 0 Å². The van der Waals surface area contributed by atoms with E-state index < -0.39 is 5.41 Å². The van der Waals surface area contributed by atoms with Gasteiger partial charge in [-0.1, -0.05) is 18.9 Å². The Labute approximate surface area is 241 Å². The normalized spacial score (nSPS) is 24.4. The minimum absolute atomic E-state index is 0.0744. The summed E-state index contributed by atoms with van der Waals surface area (Å²) < 4.78 is 0. The molecule has 2 heterocycles. The van der Waals surface area contributed by atoms with E-state index in [0.717, 1.165) is 89.3 Å². The van der Waals surface area contributed by atoms with Gasteiger partial charge >= 0.3 is 0 Å². The van der Waals surface area contributed by atoms with Gasteiger partial charge in [0.1, 0.15) is 17.4 Å². The molecule has 0 aromatic carbocycles. The molecule has 0 amide bonds. The molecule has 1 saturated heterocycles. The molecule has 0 bridgehead atoms. The lowest BCUT2D eigenvalue weighted by molar-refractivity contribution is -0.143. The van der Waals surface area contributed by atoms with Crippen molar-refractivity contribution in [2.24, 2.45) is 11.1 Å². The van der Waals surface area contributed by atoms with E-state index in [1.807, 2.05) is 0 Å². The molecule has 2 atom stereocenters. The molecule has 40 heavy (non-hydrogen) atoms. The standard InChI is InChI=1S/C32H50N6O2/c1-6-24(4)38(17-10-8-12-23(2)3)28-22-27(37-20-18-36(5)19-21-37)34-31(35-28)29(33)25-13-11-16-32(30(25)40)15-9-7-14-26(32)39/h22,24H,2,6-21,33H2,1,3-5H3/t24-,32+/m0/s1. The monoisotopic (exact) mass is 550 g/mol. The van der Waals surface area contributed by atoms with Gasteiger partial charge in [-0.2, -0.15) is 0 Å². The summed E-state index contributed by atoms with van der Waals surface area (Å²) in [5, 5.41) is 0. The second-order valence-electron chi connectivity index (χ2n) is 12.4. The number of anilines is 2. The first-order valence-corrected chi connectivity index (χ1v) is 15.5. The zero-order valence-electron chi connectivity index (χ0n) is 25.3. The number of unbranched alkanes of at least 4 members (excludes halogenated alkanes) is 1. The topological polar surface area (TPSA) is 95.7 Å². The third-order valence-electron chi connectivity index (χ3n) is 9.29. The van der Waals surface area contributed by atoms with E-state index in [0.29, 0.717) is 48.8 Å². The number of aromatic nitrogens is 2. The third-order valence-corrected chi connectivity index (χ3v) is 9.29. The first-order valence-electron chi connectivity index (χ1n) is 15.5. The molecule has 3 aliphatic rings. The number of rotatable bonds is 10. The molecule has 0 unspecified atom stereocenters. The van der Waals surface area contributed by atoms with Crippen LogP contribution in [0.4, 0.5) is 11.6 Å². The van der Waals surface area contributed by atoms with Gasteiger partial charge < -0.3 is 20.4 Å². The van der Waals surface area contributed by atoms with Gasteiger partial charge in [-0.05, 0) is 78.7 Å². The number of hydrogen-bond donors (Lipinski definition) is 1. The van der Waals surface area contributed by atoms with Crippen molar-refractivity contribution in [1.82, 2.24) is 14.9 Å². The van der Waals surface area contributed by atoms with Crippen molar-refractivity contribution >= 4 is 28.9 Å². The first-order chi connectivity index (χ1) is 19.2. The fourth-order valence-corrected chi connectivity index (χ4v) is 6.45. The van der Waals surface area contributed by atoms with Gasteiger partial charge in [0.05, 0.1) is 11.1 Å². The van der Waals surface area contributed by atoms with E-state index in [-0.39, 0.29) is 11.6 Å². The van der Waals surface area contributed by atoms with Crippen LogP contribution in [-0.4, -0.2) is 72.2 Å². The maximum atomic E-state index is 13.9. The SMILES string of the molecule is C=C(C)CCCCN(c1cc(N2CCN(C)CC2)nc(C(N)=C2CCC[C@@]3(CCCCC3=O)C2=O)n1)[C@@H](C)CC. The van der Waals surface area contributed by atoms with Gasteiger partial charge in [-0.15, -0.1) is 6.58 Å². The highest BCUT2D eigenvalue weighted by atomic mass is 16.2. The summed E-state index contributed by atoms with van der Waals surface area (Å²) in [7, 11) is 2.14. The molecule has 4 rings (SSSR count). The van der Waals surface area contributed by atoms with E-state index in [1.165, 1.54) is 5.57 Å². The highest BCUT2D eigenvalue weighted by molar-refractivity contribution is 6.17. The minimum atomic E-state index is -0.889. The Morgan fingerprint density at radius 1 is 1.10 bits per heavy atom. The molecule has 0 radical (unpaired) electrons. The predicted octanol–water partition coefficient (Wildman–Crippen LogP) is 5.13. The van der Waals surface area contributed by atoms with Crippen LogP contribution in [0.1, 0.15) is 97.2 Å². The molecule has 1 aliphatic heterocycles. The Bertz CT molecular complexity index is 1120. The highest BCUT2D eigenvalue weighted by Gasteiger charge is 2.49. The molecule has 1 aromatic rings. The largest absolute Gasteiger partial charge is 0.395 e. The van der Waals surface area contributed by atoms with E-state index >= 15 is 0 Å². The molecular weight excluding hydrogens is 500 g/mol. The predicted molar refractivity (Wildman–Crippen MR) is 163 cm³/mol. The van der Waals surface area contributed by atoms with E-state index in [1.54, 1.807) is 0 Å². The fraction of sp³-hybridized carbons (Fsp3) is 0.688. The fourth-order valence-electron chi connectivity index (χ4n) is 6.45. The number of nitrogens with two attached hydrogens (primary N) is 1. The van der Waals surface area contributed by atoms with Crippen molar-refractivity contribution in [1.29, 1.82) is 0 Å². The number of likely N-dealkylation sites (N-methyl/N-ethyl adjacent to an activating group) is 1. The second kappa shape index (κ2) is 13.3. The molecule has 2 N–H and O–H groups in total. The first kappa shape index (κ1) is 30.2. The van der Waals surface area contributed by atoms with Crippen molar-refractivity contribution in [3.8, 4) is 0 Å². The maximum Gasteiger partial charge on any atom is 0.179 e. The molecule has 1 aromatic heterocycles. The quantitative estimate of drug-likeness (QED) is 0.185. The number of carbonyl (C=O) groups excluding carboxylic acids is 2. The zero-order valence-corrected chi connectivity index (χ0v) is 25.3. The van der Waals surface area contributed by atoms with Crippen molar-refractivity contribution in [3.05, 3.63) is 29.6 Å². The number of allylic oxidation sites excluding steroid dienone is 2. The van der Waals surface area contributed by atoms with E-state index in [2.05, 4.69) is 55.2 Å². The van der Waals surface area contributed by atoms with Gasteiger partial charge in [-0.3, -0.25) is 9.59 Å². The van der Waals surface area contributed by atoms with Gasteiger partial charge in [0.15, 0.2) is 11.6 Å². The summed E-state index contributed by atoms with van der Waals surface area (Å²) in [6, 6.07) is 2.40. The van der Waals surface area contributed by atoms with Gasteiger partial charge in [0.2, 0.25) is 0 Å². The van der Waals surface area contributed by atoms with E-state index in [4.69, 9.17) is 15.7 Å². The minimum Gasteiger partial charge on any atom is -0.395 e. The van der Waals surface area contributed by atoms with Gasteiger partial charge in [0.25, 0.3) is 0 Å². The van der Waals surface area contributed by atoms with Crippen LogP contribution in [0.25, 0.3) is 5.70 Å². The maximum absolute atomic E-state index is 13.9. The average molecular weight is 551 g/mol. The van der Waals surface area contributed by atoms with Crippen molar-refractivity contribution in [2.75, 3.05) is 49.6 Å². The lowest BCUT2D eigenvalue weighted by Gasteiger charge is -2.38. The summed E-state index contributed by atoms with van der Waals surface area (Å²) in [6.45, 7) is 15.1. The van der Waals surface area contributed by atoms with E-state index in [9.17, 15) is 9.59 Å². The molecule has 2 saturated carbocycles. The number of piperazine rings is 1. The summed E-state index contributed by atoms with van der Waals surface area (Å²) in [4.78, 5) is 44.0. The molecule has 3 fully saturated rings. The molecule has 220 valence electrons. The second-order valence-corrected chi connectivity index (χ2v) is 12.4. The van der Waals surface area contributed by atoms with Gasteiger partial charge in [0, 0.05) is 56.8 Å². The average Bonchev–Trinajstić information content (AvgIpc) is 2.95. The third kappa shape index (κ3) is 6.59. The lowest BCUT2D eigenvalue weighted by Crippen LogP contribution is -2.45. The van der Waals surface area contributed by atoms with Crippen LogP contribution in [0.3, 0.4) is 0 Å². The number of carbonyl (C=O) groups is 2. The smallest absolute Gasteiger partial charge is 0.179 e. The zero-order chi connectivity index (χ0) is 28.9.